The van der Waals surface area contributed by atoms with E-state index in [-0.39, 0.29) is 17.9 Å². The van der Waals surface area contributed by atoms with E-state index in [4.69, 9.17) is 21.7 Å². The molecule has 0 spiro atoms. The number of carboxylic acid groups (broad SMARTS) is 2. The maximum atomic E-state index is 12.5. The number of nitrogens with one attached hydrogen (secondary N) is 3. The molecule has 0 radical (unpaired) electrons. The van der Waals surface area contributed by atoms with Gasteiger partial charge >= 0.3 is 11.9 Å². The maximum Gasteiger partial charge on any atom is 0.326 e. The maximum absolute atomic E-state index is 12.5. The summed E-state index contributed by atoms with van der Waals surface area (Å²) in [5, 5.41) is 24.8. The van der Waals surface area contributed by atoms with Crippen LogP contribution in [0, 0.1) is 0 Å². The summed E-state index contributed by atoms with van der Waals surface area (Å²) in [6.45, 7) is 0.474. The van der Waals surface area contributed by atoms with Crippen LogP contribution in [0.25, 0.3) is 0 Å². The summed E-state index contributed by atoms with van der Waals surface area (Å²) in [4.78, 5) is 58.8. The number of carbonyl (C=O) groups is 5. The second kappa shape index (κ2) is 15.7. The molecular formula is C17H31N5O7S2. The van der Waals surface area contributed by atoms with Crippen molar-refractivity contribution in [3.63, 3.8) is 0 Å². The largest absolute Gasteiger partial charge is 0.481 e. The van der Waals surface area contributed by atoms with E-state index in [1.165, 1.54) is 0 Å². The lowest BCUT2D eigenvalue weighted by Gasteiger charge is -2.23. The topological polar surface area (TPSA) is 214 Å². The second-order valence-corrected chi connectivity index (χ2v) is 7.44. The number of hydrogen-bond donors (Lipinski definition) is 9. The number of carbonyl (C=O) groups excluding carboxylic acids is 3. The quantitative estimate of drug-likeness (QED) is 0.0855. The SMILES string of the molecule is NCCCCC(N)C(=O)NC(CS)C(=O)NC(CS)C(=O)NC(CCC(=O)O)C(=O)O. The molecule has 0 bridgehead atoms. The summed E-state index contributed by atoms with van der Waals surface area (Å²) in [5.74, 6) is -5.03. The molecule has 31 heavy (non-hydrogen) atoms. The van der Waals surface area contributed by atoms with Crippen molar-refractivity contribution in [3.8, 4) is 0 Å². The number of amides is 3. The first-order valence-electron chi connectivity index (χ1n) is 9.60. The zero-order chi connectivity index (χ0) is 24.0. The first-order valence-corrected chi connectivity index (χ1v) is 10.9. The van der Waals surface area contributed by atoms with E-state index in [0.717, 1.165) is 0 Å². The molecule has 0 fully saturated rings. The van der Waals surface area contributed by atoms with Gasteiger partial charge in [0.15, 0.2) is 0 Å². The minimum atomic E-state index is -1.45. The molecule has 0 saturated heterocycles. The van der Waals surface area contributed by atoms with Crippen molar-refractivity contribution in [3.05, 3.63) is 0 Å². The fourth-order valence-electron chi connectivity index (χ4n) is 2.38. The van der Waals surface area contributed by atoms with Gasteiger partial charge in [0.2, 0.25) is 17.7 Å². The van der Waals surface area contributed by atoms with Crippen molar-refractivity contribution in [1.29, 1.82) is 0 Å². The van der Waals surface area contributed by atoms with Gasteiger partial charge in [-0.1, -0.05) is 6.42 Å². The molecule has 4 atom stereocenters. The summed E-state index contributed by atoms with van der Waals surface area (Å²) in [6, 6.07) is -4.60. The molecule has 0 aliphatic rings. The third kappa shape index (κ3) is 11.8. The fraction of sp³-hybridized carbons (Fsp3) is 0.706. The van der Waals surface area contributed by atoms with Crippen LogP contribution in [-0.4, -0.2) is 82.1 Å². The Morgan fingerprint density at radius 1 is 0.774 bits per heavy atom. The van der Waals surface area contributed by atoms with E-state index in [1.54, 1.807) is 0 Å². The molecule has 3 amide bonds. The predicted octanol–water partition coefficient (Wildman–Crippen LogP) is -2.29. The van der Waals surface area contributed by atoms with Gasteiger partial charge in [-0.05, 0) is 25.8 Å². The van der Waals surface area contributed by atoms with Crippen molar-refractivity contribution >= 4 is 54.9 Å². The van der Waals surface area contributed by atoms with Gasteiger partial charge in [0.1, 0.15) is 18.1 Å². The summed E-state index contributed by atoms with van der Waals surface area (Å²) < 4.78 is 0. The molecule has 0 rings (SSSR count). The number of thiol groups is 2. The zero-order valence-corrected chi connectivity index (χ0v) is 18.7. The lowest BCUT2D eigenvalue weighted by atomic mass is 10.1. The molecule has 178 valence electrons. The number of hydrogen-bond acceptors (Lipinski definition) is 9. The van der Waals surface area contributed by atoms with Crippen LogP contribution in [0.1, 0.15) is 32.1 Å². The molecule has 0 saturated carbocycles. The standard InChI is InChI=1S/C17H31N5O7S2/c18-6-2-1-3-9(19)14(25)21-11(7-30)16(27)22-12(8-31)15(26)20-10(17(28)29)4-5-13(23)24/h9-12,30-31H,1-8,18-19H2,(H,20,26)(H,21,25)(H,22,27)(H,23,24)(H,28,29). The average Bonchev–Trinajstić information content (AvgIpc) is 2.72. The van der Waals surface area contributed by atoms with E-state index in [1.807, 2.05) is 0 Å². The first kappa shape index (κ1) is 29.0. The van der Waals surface area contributed by atoms with Crippen LogP contribution in [0.2, 0.25) is 0 Å². The highest BCUT2D eigenvalue weighted by Gasteiger charge is 2.29. The van der Waals surface area contributed by atoms with Crippen LogP contribution in [0.15, 0.2) is 0 Å². The molecule has 0 aliphatic carbocycles. The van der Waals surface area contributed by atoms with Crippen LogP contribution >= 0.6 is 25.3 Å². The number of nitrogens with two attached hydrogens (primary N) is 2. The van der Waals surface area contributed by atoms with Crippen LogP contribution in [0.5, 0.6) is 0 Å². The summed E-state index contributed by atoms with van der Waals surface area (Å²) in [7, 11) is 0. The Morgan fingerprint density at radius 3 is 1.68 bits per heavy atom. The van der Waals surface area contributed by atoms with Gasteiger partial charge in [-0.3, -0.25) is 19.2 Å². The van der Waals surface area contributed by atoms with E-state index in [9.17, 15) is 24.0 Å². The zero-order valence-electron chi connectivity index (χ0n) is 17.0. The van der Waals surface area contributed by atoms with Crippen LogP contribution < -0.4 is 27.4 Å². The number of unbranched alkanes of at least 4 members (excludes halogenated alkanes) is 1. The van der Waals surface area contributed by atoms with Gasteiger partial charge in [-0.25, -0.2) is 4.79 Å². The first-order chi connectivity index (χ1) is 14.6. The Hall–Kier alpha value is -2.03. The molecular weight excluding hydrogens is 450 g/mol. The Labute approximate surface area is 191 Å². The molecule has 0 aliphatic heterocycles. The third-order valence-corrected chi connectivity index (χ3v) is 4.93. The second-order valence-electron chi connectivity index (χ2n) is 6.71. The highest BCUT2D eigenvalue weighted by molar-refractivity contribution is 7.80. The summed E-state index contributed by atoms with van der Waals surface area (Å²) >= 11 is 8.01. The molecule has 9 N–H and O–H groups in total. The number of rotatable bonds is 16. The number of carboxylic acids is 2. The van der Waals surface area contributed by atoms with Gasteiger partial charge in [-0.15, -0.1) is 0 Å². The minimum absolute atomic E-state index is 0.0790. The van der Waals surface area contributed by atoms with Crippen molar-refractivity contribution < 1.29 is 34.2 Å². The summed E-state index contributed by atoms with van der Waals surface area (Å²) in [6.07, 6.45) is 0.950. The molecule has 0 heterocycles. The molecule has 4 unspecified atom stereocenters. The molecule has 0 aromatic heterocycles. The van der Waals surface area contributed by atoms with Crippen LogP contribution in [0.4, 0.5) is 0 Å². The van der Waals surface area contributed by atoms with E-state index in [2.05, 4.69) is 41.2 Å². The Morgan fingerprint density at radius 2 is 1.26 bits per heavy atom. The molecule has 0 aromatic rings. The highest BCUT2D eigenvalue weighted by atomic mass is 32.1. The van der Waals surface area contributed by atoms with E-state index in [0.29, 0.717) is 25.8 Å². The van der Waals surface area contributed by atoms with Crippen molar-refractivity contribution in [2.45, 2.75) is 56.3 Å². The number of aliphatic carboxylic acids is 2. The van der Waals surface area contributed by atoms with Gasteiger partial charge in [-0.2, -0.15) is 25.3 Å². The molecule has 12 nitrogen and oxygen atoms in total. The summed E-state index contributed by atoms with van der Waals surface area (Å²) in [5.41, 5.74) is 11.2. The predicted molar refractivity (Wildman–Crippen MR) is 119 cm³/mol. The van der Waals surface area contributed by atoms with Gasteiger partial charge < -0.3 is 37.6 Å². The third-order valence-electron chi connectivity index (χ3n) is 4.20. The Kier molecular flexibility index (Phi) is 14.7. The van der Waals surface area contributed by atoms with Crippen molar-refractivity contribution in [2.75, 3.05) is 18.1 Å². The smallest absolute Gasteiger partial charge is 0.326 e. The fourth-order valence-corrected chi connectivity index (χ4v) is 2.89. The highest BCUT2D eigenvalue weighted by Crippen LogP contribution is 2.02. The van der Waals surface area contributed by atoms with Gasteiger partial charge in [0.25, 0.3) is 0 Å². The normalized spacial score (nSPS) is 14.6. The molecule has 0 aromatic carbocycles. The van der Waals surface area contributed by atoms with E-state index < -0.39 is 60.2 Å². The van der Waals surface area contributed by atoms with Crippen LogP contribution in [-0.2, 0) is 24.0 Å². The lowest BCUT2D eigenvalue weighted by Crippen LogP contribution is -2.58. The average molecular weight is 482 g/mol. The van der Waals surface area contributed by atoms with Crippen LogP contribution in [0.3, 0.4) is 0 Å². The Bertz CT molecular complexity index is 638. The monoisotopic (exact) mass is 481 g/mol. The van der Waals surface area contributed by atoms with E-state index >= 15 is 0 Å². The van der Waals surface area contributed by atoms with Crippen molar-refractivity contribution in [1.82, 2.24) is 16.0 Å². The van der Waals surface area contributed by atoms with Gasteiger partial charge in [0, 0.05) is 17.9 Å². The Balaban J connectivity index is 4.91. The van der Waals surface area contributed by atoms with Crippen molar-refractivity contribution in [2.24, 2.45) is 11.5 Å². The minimum Gasteiger partial charge on any atom is -0.481 e. The lowest BCUT2D eigenvalue weighted by molar-refractivity contribution is -0.143. The molecule has 14 heteroatoms. The van der Waals surface area contributed by atoms with Gasteiger partial charge in [0.05, 0.1) is 6.04 Å².